The Labute approximate surface area is 193 Å². The summed E-state index contributed by atoms with van der Waals surface area (Å²) in [5.74, 6) is 0.707. The van der Waals surface area contributed by atoms with Crippen LogP contribution >= 0.6 is 0 Å². The van der Waals surface area contributed by atoms with Gasteiger partial charge in [0.05, 0.1) is 0 Å². The molecule has 3 nitrogen and oxygen atoms in total. The zero-order chi connectivity index (χ0) is 23.1. The number of hydrogen-bond donors (Lipinski definition) is 3. The Kier molecular flexibility index (Phi) is 5.18. The Bertz CT molecular complexity index is 1500. The summed E-state index contributed by atoms with van der Waals surface area (Å²) in [5, 5.41) is 37.0. The predicted octanol–water partition coefficient (Wildman–Crippen LogP) is 7.49. The monoisotopic (exact) mass is 434 g/mol. The molecule has 0 aliphatic heterocycles. The van der Waals surface area contributed by atoms with E-state index >= 15 is 0 Å². The van der Waals surface area contributed by atoms with E-state index < -0.39 is 0 Å². The molecule has 0 aromatic heterocycles. The molecule has 0 atom stereocenters. The number of aromatic hydroxyl groups is 3. The maximum absolute atomic E-state index is 11.6. The maximum Gasteiger partial charge on any atom is 0.127 e. The van der Waals surface area contributed by atoms with E-state index in [0.717, 1.165) is 32.7 Å². The number of rotatable bonds is 4. The first kappa shape index (κ1) is 20.9. The summed E-state index contributed by atoms with van der Waals surface area (Å²) >= 11 is 0. The Morgan fingerprint density at radius 2 is 1.27 bits per heavy atom. The average Bonchev–Trinajstić information content (AvgIpc) is 2.81. The smallest absolute Gasteiger partial charge is 0.127 e. The van der Waals surface area contributed by atoms with Crippen molar-refractivity contribution in [3.8, 4) is 28.4 Å². The lowest BCUT2D eigenvalue weighted by Crippen LogP contribution is -1.97. The fraction of sp³-hybridized carbons (Fsp3) is 0.133. The first-order chi connectivity index (χ1) is 16.0. The van der Waals surface area contributed by atoms with Gasteiger partial charge >= 0.3 is 0 Å². The standard InChI is InChI=1S/C30H26O3/c1-18(2)23-13-7-10-21(29(23)32)17-22-16-20-9-4-6-12-25(20)28(30(22)33)27-24-11-5-3-8-19(24)14-15-26(27)31/h3-16,18,31-33H,17H2,1-2H3. The number of phenols is 3. The molecule has 0 fully saturated rings. The number of hydrogen-bond acceptors (Lipinski definition) is 3. The third-order valence-electron chi connectivity index (χ3n) is 6.41. The van der Waals surface area contributed by atoms with Crippen LogP contribution in [0.25, 0.3) is 32.7 Å². The first-order valence-corrected chi connectivity index (χ1v) is 11.2. The molecule has 0 heterocycles. The minimum absolute atomic E-state index is 0.120. The van der Waals surface area contributed by atoms with Gasteiger partial charge in [-0.3, -0.25) is 0 Å². The number of para-hydroxylation sites is 1. The van der Waals surface area contributed by atoms with Gasteiger partial charge in [-0.05, 0) is 56.3 Å². The molecule has 0 unspecified atom stereocenters. The second-order valence-electron chi connectivity index (χ2n) is 8.85. The molecular weight excluding hydrogens is 408 g/mol. The highest BCUT2D eigenvalue weighted by molar-refractivity contribution is 6.10. The van der Waals surface area contributed by atoms with Crippen molar-refractivity contribution in [1.29, 1.82) is 0 Å². The Balaban J connectivity index is 1.79. The van der Waals surface area contributed by atoms with Crippen molar-refractivity contribution in [2.75, 3.05) is 0 Å². The van der Waals surface area contributed by atoms with Crippen molar-refractivity contribution in [2.24, 2.45) is 0 Å². The third-order valence-corrected chi connectivity index (χ3v) is 6.41. The van der Waals surface area contributed by atoms with E-state index in [9.17, 15) is 15.3 Å². The number of benzene rings is 5. The van der Waals surface area contributed by atoms with Gasteiger partial charge in [0.15, 0.2) is 0 Å². The quantitative estimate of drug-likeness (QED) is 0.275. The van der Waals surface area contributed by atoms with Gasteiger partial charge in [-0.15, -0.1) is 0 Å². The fourth-order valence-corrected chi connectivity index (χ4v) is 4.73. The van der Waals surface area contributed by atoms with Gasteiger partial charge in [0.1, 0.15) is 17.2 Å². The highest BCUT2D eigenvalue weighted by Gasteiger charge is 2.21. The zero-order valence-corrected chi connectivity index (χ0v) is 18.7. The summed E-state index contributed by atoms with van der Waals surface area (Å²) in [4.78, 5) is 0. The van der Waals surface area contributed by atoms with Crippen molar-refractivity contribution in [3.63, 3.8) is 0 Å². The van der Waals surface area contributed by atoms with Crippen LogP contribution in [0.4, 0.5) is 0 Å². The summed E-state index contributed by atoms with van der Waals surface area (Å²) in [6.45, 7) is 4.10. The normalized spacial score (nSPS) is 11.5. The molecule has 0 aliphatic carbocycles. The van der Waals surface area contributed by atoms with Crippen molar-refractivity contribution in [1.82, 2.24) is 0 Å². The van der Waals surface area contributed by atoms with Crippen LogP contribution < -0.4 is 0 Å². The molecule has 5 rings (SSSR count). The van der Waals surface area contributed by atoms with E-state index in [1.54, 1.807) is 6.07 Å². The van der Waals surface area contributed by atoms with Crippen LogP contribution in [0.2, 0.25) is 0 Å². The minimum Gasteiger partial charge on any atom is -0.507 e. The second kappa shape index (κ2) is 8.18. The van der Waals surface area contributed by atoms with Crippen LogP contribution in [0.3, 0.4) is 0 Å². The van der Waals surface area contributed by atoms with Crippen LogP contribution in [-0.2, 0) is 6.42 Å². The molecule has 0 aliphatic rings. The Hall–Kier alpha value is -3.98. The van der Waals surface area contributed by atoms with Crippen molar-refractivity contribution in [3.05, 3.63) is 102 Å². The Morgan fingerprint density at radius 1 is 0.606 bits per heavy atom. The molecule has 3 N–H and O–H groups in total. The van der Waals surface area contributed by atoms with Crippen molar-refractivity contribution < 1.29 is 15.3 Å². The molecule has 0 saturated carbocycles. The first-order valence-electron chi connectivity index (χ1n) is 11.2. The van der Waals surface area contributed by atoms with Crippen molar-refractivity contribution in [2.45, 2.75) is 26.2 Å². The van der Waals surface area contributed by atoms with E-state index in [0.29, 0.717) is 23.1 Å². The average molecular weight is 435 g/mol. The number of phenolic OH excluding ortho intramolecular Hbond substituents is 3. The van der Waals surface area contributed by atoms with Gasteiger partial charge in [0, 0.05) is 17.5 Å². The molecule has 0 spiro atoms. The summed E-state index contributed by atoms with van der Waals surface area (Å²) < 4.78 is 0. The molecule has 3 heteroatoms. The van der Waals surface area contributed by atoms with E-state index in [4.69, 9.17) is 0 Å². The summed E-state index contributed by atoms with van der Waals surface area (Å²) in [7, 11) is 0. The molecular formula is C30H26O3. The lowest BCUT2D eigenvalue weighted by atomic mass is 9.88. The molecule has 33 heavy (non-hydrogen) atoms. The van der Waals surface area contributed by atoms with Gasteiger partial charge in [-0.1, -0.05) is 86.6 Å². The van der Waals surface area contributed by atoms with Crippen LogP contribution in [0, 0.1) is 0 Å². The molecule has 5 aromatic rings. The molecule has 0 saturated heterocycles. The molecule has 0 amide bonds. The molecule has 164 valence electrons. The Morgan fingerprint density at radius 3 is 2.00 bits per heavy atom. The van der Waals surface area contributed by atoms with Crippen molar-refractivity contribution >= 4 is 21.5 Å². The van der Waals surface area contributed by atoms with Gasteiger partial charge in [-0.25, -0.2) is 0 Å². The molecule has 0 radical (unpaired) electrons. The summed E-state index contributed by atoms with van der Waals surface area (Å²) in [5.41, 5.74) is 3.58. The van der Waals surface area contributed by atoms with Gasteiger partial charge < -0.3 is 15.3 Å². The van der Waals surface area contributed by atoms with Crippen LogP contribution in [-0.4, -0.2) is 15.3 Å². The topological polar surface area (TPSA) is 60.7 Å². The minimum atomic E-state index is 0.120. The summed E-state index contributed by atoms with van der Waals surface area (Å²) in [6, 6.07) is 27.0. The second-order valence-corrected chi connectivity index (χ2v) is 8.85. The maximum atomic E-state index is 11.6. The highest BCUT2D eigenvalue weighted by Crippen LogP contribution is 2.46. The van der Waals surface area contributed by atoms with Gasteiger partial charge in [0.25, 0.3) is 0 Å². The third kappa shape index (κ3) is 3.56. The number of fused-ring (bicyclic) bond motifs is 2. The lowest BCUT2D eigenvalue weighted by Gasteiger charge is -2.18. The largest absolute Gasteiger partial charge is 0.507 e. The van der Waals surface area contributed by atoms with Gasteiger partial charge in [0.2, 0.25) is 0 Å². The fourth-order valence-electron chi connectivity index (χ4n) is 4.73. The lowest BCUT2D eigenvalue weighted by molar-refractivity contribution is 0.456. The predicted molar refractivity (Wildman–Crippen MR) is 135 cm³/mol. The van der Waals surface area contributed by atoms with E-state index in [-0.39, 0.29) is 23.2 Å². The SMILES string of the molecule is CC(C)c1cccc(Cc2cc3ccccc3c(-c3c(O)ccc4ccccc34)c2O)c1O. The van der Waals surface area contributed by atoms with Crippen LogP contribution in [0.15, 0.2) is 84.9 Å². The van der Waals surface area contributed by atoms with Crippen LogP contribution in [0.5, 0.6) is 17.2 Å². The zero-order valence-electron chi connectivity index (χ0n) is 18.7. The van der Waals surface area contributed by atoms with E-state index in [1.807, 2.05) is 92.7 Å². The van der Waals surface area contributed by atoms with E-state index in [2.05, 4.69) is 0 Å². The molecule has 5 aromatic carbocycles. The summed E-state index contributed by atoms with van der Waals surface area (Å²) in [6.07, 6.45) is 0.377. The molecule has 0 bridgehead atoms. The highest BCUT2D eigenvalue weighted by atomic mass is 16.3. The van der Waals surface area contributed by atoms with E-state index in [1.165, 1.54) is 0 Å². The van der Waals surface area contributed by atoms with Crippen LogP contribution in [0.1, 0.15) is 36.5 Å². The van der Waals surface area contributed by atoms with Gasteiger partial charge in [-0.2, -0.15) is 0 Å².